The van der Waals surface area contributed by atoms with Crippen LogP contribution in [0.1, 0.15) is 18.3 Å². The van der Waals surface area contributed by atoms with E-state index in [-0.39, 0.29) is 5.69 Å². The van der Waals surface area contributed by atoms with Crippen molar-refractivity contribution in [3.63, 3.8) is 0 Å². The summed E-state index contributed by atoms with van der Waals surface area (Å²) in [6.07, 6.45) is 2.08. The molecule has 2 aromatic heterocycles. The second-order valence-electron chi connectivity index (χ2n) is 3.73. The molecule has 2 rings (SSSR count). The summed E-state index contributed by atoms with van der Waals surface area (Å²) in [6, 6.07) is 5.26. The van der Waals surface area contributed by atoms with Crippen LogP contribution in [-0.2, 0) is 13.5 Å². The summed E-state index contributed by atoms with van der Waals surface area (Å²) in [7, 11) is 1.63. The van der Waals surface area contributed by atoms with Crippen LogP contribution in [0.25, 0.3) is 5.82 Å². The van der Waals surface area contributed by atoms with Gasteiger partial charge in [-0.25, -0.2) is 4.68 Å². The molecule has 0 fully saturated rings. The largest absolute Gasteiger partial charge is 0.334 e. The summed E-state index contributed by atoms with van der Waals surface area (Å²) >= 11 is 0. The fraction of sp³-hybridized carbons (Fsp3) is 0.273. The average molecular weight is 245 g/mol. The molecule has 7 nitrogen and oxygen atoms in total. The molecule has 0 N–H and O–H groups in total. The Bertz CT molecular complexity index is 647. The number of nitriles is 1. The van der Waals surface area contributed by atoms with Crippen molar-refractivity contribution < 1.29 is 4.92 Å². The van der Waals surface area contributed by atoms with E-state index in [1.54, 1.807) is 32.3 Å². The summed E-state index contributed by atoms with van der Waals surface area (Å²) in [6.45, 7) is 1.81. The minimum absolute atomic E-state index is 0.0484. The Hall–Kier alpha value is -2.62. The van der Waals surface area contributed by atoms with Crippen LogP contribution in [0.4, 0.5) is 5.69 Å². The SMILES string of the molecule is CCc1nn(C)c(-n2cccc2C#N)c1[N+](=O)[O-]. The molecule has 92 valence electrons. The monoisotopic (exact) mass is 245 g/mol. The number of hydrogen-bond acceptors (Lipinski definition) is 4. The van der Waals surface area contributed by atoms with Gasteiger partial charge in [-0.15, -0.1) is 0 Å². The molecule has 0 saturated heterocycles. The van der Waals surface area contributed by atoms with Gasteiger partial charge in [-0.05, 0) is 18.6 Å². The van der Waals surface area contributed by atoms with E-state index in [1.165, 1.54) is 9.25 Å². The van der Waals surface area contributed by atoms with Gasteiger partial charge >= 0.3 is 5.69 Å². The van der Waals surface area contributed by atoms with Gasteiger partial charge in [-0.1, -0.05) is 6.92 Å². The molecule has 0 radical (unpaired) electrons. The Balaban J connectivity index is 2.75. The van der Waals surface area contributed by atoms with Gasteiger partial charge in [-0.2, -0.15) is 10.4 Å². The van der Waals surface area contributed by atoms with E-state index in [0.29, 0.717) is 23.6 Å². The molecule has 18 heavy (non-hydrogen) atoms. The Kier molecular flexibility index (Phi) is 2.85. The number of aromatic nitrogens is 3. The van der Waals surface area contributed by atoms with Crippen LogP contribution in [0, 0.1) is 21.4 Å². The van der Waals surface area contributed by atoms with Gasteiger partial charge < -0.3 is 0 Å². The predicted octanol–water partition coefficient (Wildman–Crippen LogP) is 1.55. The summed E-state index contributed by atoms with van der Waals surface area (Å²) in [5.74, 6) is 0.304. The zero-order valence-corrected chi connectivity index (χ0v) is 9.99. The van der Waals surface area contributed by atoms with E-state index < -0.39 is 4.92 Å². The van der Waals surface area contributed by atoms with Crippen LogP contribution in [-0.4, -0.2) is 19.3 Å². The van der Waals surface area contributed by atoms with E-state index in [0.717, 1.165) is 0 Å². The Labute approximate surface area is 103 Å². The van der Waals surface area contributed by atoms with Crippen molar-refractivity contribution in [3.8, 4) is 11.9 Å². The quantitative estimate of drug-likeness (QED) is 0.606. The van der Waals surface area contributed by atoms with Gasteiger partial charge in [0, 0.05) is 13.2 Å². The molecule has 0 aliphatic heterocycles. The zero-order valence-electron chi connectivity index (χ0n) is 9.99. The van der Waals surface area contributed by atoms with E-state index in [1.807, 2.05) is 6.07 Å². The van der Waals surface area contributed by atoms with Crippen molar-refractivity contribution in [2.45, 2.75) is 13.3 Å². The number of rotatable bonds is 3. The second-order valence-corrected chi connectivity index (χ2v) is 3.73. The van der Waals surface area contributed by atoms with Crippen molar-refractivity contribution in [1.29, 1.82) is 5.26 Å². The Morgan fingerprint density at radius 3 is 2.89 bits per heavy atom. The van der Waals surface area contributed by atoms with Crippen molar-refractivity contribution in [1.82, 2.24) is 14.3 Å². The molecule has 0 spiro atoms. The summed E-state index contributed by atoms with van der Waals surface area (Å²) in [4.78, 5) is 10.7. The van der Waals surface area contributed by atoms with Crippen LogP contribution in [0.2, 0.25) is 0 Å². The number of hydrogen-bond donors (Lipinski definition) is 0. The third-order valence-electron chi connectivity index (χ3n) is 2.67. The Morgan fingerprint density at radius 1 is 1.61 bits per heavy atom. The summed E-state index contributed by atoms with van der Waals surface area (Å²) < 4.78 is 2.90. The van der Waals surface area contributed by atoms with E-state index in [9.17, 15) is 10.1 Å². The molecule has 7 heteroatoms. The van der Waals surface area contributed by atoms with Crippen LogP contribution in [0.3, 0.4) is 0 Å². The fourth-order valence-corrected chi connectivity index (χ4v) is 1.91. The minimum Gasteiger partial charge on any atom is -0.287 e. The third-order valence-corrected chi connectivity index (χ3v) is 2.67. The molecule has 0 amide bonds. The first kappa shape index (κ1) is 11.9. The van der Waals surface area contributed by atoms with E-state index in [4.69, 9.17) is 5.26 Å². The van der Waals surface area contributed by atoms with Gasteiger partial charge in [0.2, 0.25) is 5.82 Å². The van der Waals surface area contributed by atoms with Gasteiger partial charge in [0.15, 0.2) is 0 Å². The van der Waals surface area contributed by atoms with E-state index >= 15 is 0 Å². The van der Waals surface area contributed by atoms with Gasteiger partial charge in [0.25, 0.3) is 0 Å². The maximum absolute atomic E-state index is 11.2. The average Bonchev–Trinajstić information content (AvgIpc) is 2.91. The summed E-state index contributed by atoms with van der Waals surface area (Å²) in [5, 5.41) is 24.3. The standard InChI is InChI=1S/C11H11N5O2/c1-3-9-10(16(17)18)11(14(2)13-9)15-6-4-5-8(15)7-12/h4-6H,3H2,1-2H3. The highest BCUT2D eigenvalue weighted by molar-refractivity contribution is 5.53. The molecule has 0 unspecified atom stereocenters. The molecule has 2 heterocycles. The molecule has 0 saturated carbocycles. The van der Waals surface area contributed by atoms with E-state index in [2.05, 4.69) is 5.10 Å². The maximum Gasteiger partial charge on any atom is 0.334 e. The highest BCUT2D eigenvalue weighted by atomic mass is 16.6. The smallest absolute Gasteiger partial charge is 0.287 e. The molecule has 0 aliphatic rings. The third kappa shape index (κ3) is 1.64. The normalized spacial score (nSPS) is 10.3. The highest BCUT2D eigenvalue weighted by Crippen LogP contribution is 2.28. The van der Waals surface area contributed by atoms with Crippen molar-refractivity contribution >= 4 is 5.69 Å². The lowest BCUT2D eigenvalue weighted by molar-refractivity contribution is -0.385. The van der Waals surface area contributed by atoms with Crippen LogP contribution in [0.5, 0.6) is 0 Å². The maximum atomic E-state index is 11.2. The van der Waals surface area contributed by atoms with Crippen LogP contribution in [0.15, 0.2) is 18.3 Å². The summed E-state index contributed by atoms with van der Waals surface area (Å²) in [5.41, 5.74) is 0.701. The number of nitro groups is 1. The van der Waals surface area contributed by atoms with Gasteiger partial charge in [-0.3, -0.25) is 14.7 Å². The Morgan fingerprint density at radius 2 is 2.33 bits per heavy atom. The second kappa shape index (κ2) is 4.33. The zero-order chi connectivity index (χ0) is 13.3. The van der Waals surface area contributed by atoms with Crippen molar-refractivity contribution in [2.75, 3.05) is 0 Å². The minimum atomic E-state index is -0.456. The molecular weight excluding hydrogens is 234 g/mol. The first-order chi connectivity index (χ1) is 8.60. The lowest BCUT2D eigenvalue weighted by Gasteiger charge is -2.03. The topological polar surface area (TPSA) is 89.7 Å². The predicted molar refractivity (Wildman–Crippen MR) is 63.3 cm³/mol. The van der Waals surface area contributed by atoms with Gasteiger partial charge in [0.05, 0.1) is 4.92 Å². The number of aryl methyl sites for hydroxylation is 2. The molecule has 0 atom stereocenters. The molecule has 2 aromatic rings. The first-order valence-corrected chi connectivity index (χ1v) is 5.38. The van der Waals surface area contributed by atoms with Gasteiger partial charge in [0.1, 0.15) is 17.5 Å². The molecular formula is C11H11N5O2. The van der Waals surface area contributed by atoms with Crippen LogP contribution >= 0.6 is 0 Å². The first-order valence-electron chi connectivity index (χ1n) is 5.38. The highest BCUT2D eigenvalue weighted by Gasteiger charge is 2.27. The van der Waals surface area contributed by atoms with Crippen LogP contribution < -0.4 is 0 Å². The number of nitrogens with zero attached hydrogens (tertiary/aromatic N) is 5. The van der Waals surface area contributed by atoms with Crippen molar-refractivity contribution in [2.24, 2.45) is 7.05 Å². The molecule has 0 bridgehead atoms. The molecule has 0 aliphatic carbocycles. The molecule has 0 aromatic carbocycles. The lowest BCUT2D eigenvalue weighted by atomic mass is 10.3. The lowest BCUT2D eigenvalue weighted by Crippen LogP contribution is -2.05. The fourth-order valence-electron chi connectivity index (χ4n) is 1.91. The van der Waals surface area contributed by atoms with Crippen molar-refractivity contribution in [3.05, 3.63) is 39.8 Å².